The van der Waals surface area contributed by atoms with E-state index in [-0.39, 0.29) is 10.5 Å². The fourth-order valence-corrected chi connectivity index (χ4v) is 4.27. The standard InChI is InChI=1S/C18H20N4O3S/c1-14(15-7-9-19-10-8-15)20-21-18(23)16-5-4-6-17(13-16)26(24,25)22-11-2-3-12-22/h4-10,13,20H,1-3,11-12H2,(H,21,23). The summed E-state index contributed by atoms with van der Waals surface area (Å²) < 4.78 is 26.7. The maximum atomic E-state index is 12.6. The third-order valence-electron chi connectivity index (χ3n) is 4.15. The minimum atomic E-state index is -3.56. The van der Waals surface area contributed by atoms with E-state index in [1.807, 2.05) is 0 Å². The molecule has 1 aromatic carbocycles. The lowest BCUT2D eigenvalue weighted by molar-refractivity contribution is 0.0942. The molecule has 0 radical (unpaired) electrons. The van der Waals surface area contributed by atoms with Gasteiger partial charge in [-0.1, -0.05) is 12.6 Å². The van der Waals surface area contributed by atoms with Gasteiger partial charge >= 0.3 is 0 Å². The van der Waals surface area contributed by atoms with Crippen LogP contribution in [0.3, 0.4) is 0 Å². The van der Waals surface area contributed by atoms with Gasteiger partial charge in [-0.2, -0.15) is 4.31 Å². The van der Waals surface area contributed by atoms with E-state index in [1.54, 1.807) is 36.7 Å². The van der Waals surface area contributed by atoms with Crippen molar-refractivity contribution in [3.8, 4) is 0 Å². The number of carbonyl (C=O) groups excluding carboxylic acids is 1. The van der Waals surface area contributed by atoms with Crippen molar-refractivity contribution in [2.24, 2.45) is 0 Å². The second kappa shape index (κ2) is 7.67. The number of carbonyl (C=O) groups is 1. The first-order chi connectivity index (χ1) is 12.5. The number of nitrogens with zero attached hydrogens (tertiary/aromatic N) is 2. The zero-order valence-corrected chi connectivity index (χ0v) is 15.0. The van der Waals surface area contributed by atoms with Crippen LogP contribution in [-0.4, -0.2) is 36.7 Å². The van der Waals surface area contributed by atoms with Crippen LogP contribution in [0.2, 0.25) is 0 Å². The van der Waals surface area contributed by atoms with Crippen LogP contribution in [-0.2, 0) is 10.0 Å². The predicted molar refractivity (Wildman–Crippen MR) is 98.3 cm³/mol. The van der Waals surface area contributed by atoms with E-state index in [0.29, 0.717) is 18.8 Å². The highest BCUT2D eigenvalue weighted by molar-refractivity contribution is 7.89. The molecule has 0 spiro atoms. The maximum absolute atomic E-state index is 12.6. The number of pyridine rings is 1. The smallest absolute Gasteiger partial charge is 0.269 e. The molecule has 136 valence electrons. The van der Waals surface area contributed by atoms with Gasteiger partial charge in [-0.3, -0.25) is 20.6 Å². The highest BCUT2D eigenvalue weighted by Gasteiger charge is 2.27. The number of hydrazine groups is 1. The van der Waals surface area contributed by atoms with E-state index in [9.17, 15) is 13.2 Å². The molecule has 2 N–H and O–H groups in total. The predicted octanol–water partition coefficient (Wildman–Crippen LogP) is 1.77. The normalized spacial score (nSPS) is 14.8. The topological polar surface area (TPSA) is 91.4 Å². The monoisotopic (exact) mass is 372 g/mol. The van der Waals surface area contributed by atoms with E-state index < -0.39 is 15.9 Å². The Balaban J connectivity index is 1.69. The molecule has 2 heterocycles. The largest absolute Gasteiger partial charge is 0.298 e. The van der Waals surface area contributed by atoms with Crippen molar-refractivity contribution < 1.29 is 13.2 Å². The van der Waals surface area contributed by atoms with Crippen LogP contribution in [0.1, 0.15) is 28.8 Å². The average molecular weight is 372 g/mol. The van der Waals surface area contributed by atoms with Crippen LogP contribution < -0.4 is 10.9 Å². The molecule has 1 amide bonds. The molecule has 0 bridgehead atoms. The second-order valence-corrected chi connectivity index (χ2v) is 7.87. The van der Waals surface area contributed by atoms with E-state index >= 15 is 0 Å². The van der Waals surface area contributed by atoms with Crippen LogP contribution >= 0.6 is 0 Å². The van der Waals surface area contributed by atoms with Gasteiger partial charge < -0.3 is 0 Å². The molecule has 2 aromatic rings. The number of rotatable bonds is 6. The van der Waals surface area contributed by atoms with E-state index in [2.05, 4.69) is 22.4 Å². The van der Waals surface area contributed by atoms with Crippen LogP contribution in [0.15, 0.2) is 60.3 Å². The fourth-order valence-electron chi connectivity index (χ4n) is 2.70. The number of hydrogen-bond donors (Lipinski definition) is 2. The minimum Gasteiger partial charge on any atom is -0.298 e. The molecule has 1 aliphatic rings. The Kier molecular flexibility index (Phi) is 5.34. The number of amides is 1. The molecular weight excluding hydrogens is 352 g/mol. The Labute approximate surface area is 152 Å². The SMILES string of the molecule is C=C(NNC(=O)c1cccc(S(=O)(=O)N2CCCC2)c1)c1ccncc1. The first-order valence-electron chi connectivity index (χ1n) is 8.24. The Morgan fingerprint density at radius 3 is 2.42 bits per heavy atom. The van der Waals surface area contributed by atoms with Crippen molar-refractivity contribution in [1.82, 2.24) is 20.1 Å². The van der Waals surface area contributed by atoms with Gasteiger partial charge in [0.2, 0.25) is 10.0 Å². The quantitative estimate of drug-likeness (QED) is 0.754. The van der Waals surface area contributed by atoms with E-state index in [1.165, 1.54) is 16.4 Å². The highest BCUT2D eigenvalue weighted by Crippen LogP contribution is 2.21. The number of benzene rings is 1. The average Bonchev–Trinajstić information content (AvgIpc) is 3.22. The van der Waals surface area contributed by atoms with Gasteiger partial charge in [-0.05, 0) is 43.2 Å². The summed E-state index contributed by atoms with van der Waals surface area (Å²) in [4.78, 5) is 16.4. The van der Waals surface area contributed by atoms with Crippen molar-refractivity contribution in [2.75, 3.05) is 13.1 Å². The number of hydrogen-bond acceptors (Lipinski definition) is 5. The van der Waals surface area contributed by atoms with Gasteiger partial charge in [0.1, 0.15) is 0 Å². The Morgan fingerprint density at radius 2 is 1.73 bits per heavy atom. The van der Waals surface area contributed by atoms with Crippen molar-refractivity contribution >= 4 is 21.6 Å². The highest BCUT2D eigenvalue weighted by atomic mass is 32.2. The van der Waals surface area contributed by atoms with Crippen LogP contribution in [0.25, 0.3) is 5.70 Å². The molecule has 0 saturated carbocycles. The van der Waals surface area contributed by atoms with Gasteiger partial charge in [-0.15, -0.1) is 0 Å². The fraction of sp³-hybridized carbons (Fsp3) is 0.222. The number of sulfonamides is 1. The maximum Gasteiger partial charge on any atom is 0.269 e. The first-order valence-corrected chi connectivity index (χ1v) is 9.68. The van der Waals surface area contributed by atoms with Crippen molar-refractivity contribution in [3.63, 3.8) is 0 Å². The van der Waals surface area contributed by atoms with Crippen LogP contribution in [0.5, 0.6) is 0 Å². The molecule has 3 rings (SSSR count). The molecule has 1 aliphatic heterocycles. The summed E-state index contributed by atoms with van der Waals surface area (Å²) in [5.41, 5.74) is 6.79. The lowest BCUT2D eigenvalue weighted by Crippen LogP contribution is -2.36. The molecule has 1 saturated heterocycles. The lowest BCUT2D eigenvalue weighted by Gasteiger charge is -2.16. The van der Waals surface area contributed by atoms with Crippen LogP contribution in [0.4, 0.5) is 0 Å². The molecule has 8 heteroatoms. The van der Waals surface area contributed by atoms with E-state index in [0.717, 1.165) is 18.4 Å². The van der Waals surface area contributed by atoms with Gasteiger partial charge in [0.05, 0.1) is 10.6 Å². The Morgan fingerprint density at radius 1 is 1.04 bits per heavy atom. The molecule has 0 unspecified atom stereocenters. The molecule has 26 heavy (non-hydrogen) atoms. The summed E-state index contributed by atoms with van der Waals surface area (Å²) in [5, 5.41) is 0. The molecular formula is C18H20N4O3S. The van der Waals surface area contributed by atoms with Gasteiger partial charge in [0.25, 0.3) is 5.91 Å². The summed E-state index contributed by atoms with van der Waals surface area (Å²) in [7, 11) is -3.56. The molecule has 1 aromatic heterocycles. The third-order valence-corrected chi connectivity index (χ3v) is 6.05. The van der Waals surface area contributed by atoms with Crippen molar-refractivity contribution in [3.05, 3.63) is 66.5 Å². The zero-order valence-electron chi connectivity index (χ0n) is 14.2. The molecule has 0 atom stereocenters. The molecule has 1 fully saturated rings. The molecule has 7 nitrogen and oxygen atoms in total. The number of aromatic nitrogens is 1. The first kappa shape index (κ1) is 18.1. The third kappa shape index (κ3) is 3.92. The van der Waals surface area contributed by atoms with Crippen LogP contribution in [0, 0.1) is 0 Å². The second-order valence-electron chi connectivity index (χ2n) is 5.93. The lowest BCUT2D eigenvalue weighted by atomic mass is 10.2. The van der Waals surface area contributed by atoms with Crippen molar-refractivity contribution in [1.29, 1.82) is 0 Å². The number of nitrogens with one attached hydrogen (secondary N) is 2. The minimum absolute atomic E-state index is 0.125. The summed E-state index contributed by atoms with van der Waals surface area (Å²) in [5.74, 6) is -0.446. The van der Waals surface area contributed by atoms with Gasteiger partial charge in [0.15, 0.2) is 0 Å². The summed E-state index contributed by atoms with van der Waals surface area (Å²) >= 11 is 0. The van der Waals surface area contributed by atoms with Crippen molar-refractivity contribution in [2.45, 2.75) is 17.7 Å². The Hall–Kier alpha value is -2.71. The van der Waals surface area contributed by atoms with Gasteiger partial charge in [-0.25, -0.2) is 8.42 Å². The van der Waals surface area contributed by atoms with E-state index in [4.69, 9.17) is 0 Å². The summed E-state index contributed by atoms with van der Waals surface area (Å²) in [6.07, 6.45) is 4.97. The van der Waals surface area contributed by atoms with Gasteiger partial charge in [0, 0.05) is 36.6 Å². The summed E-state index contributed by atoms with van der Waals surface area (Å²) in [6.45, 7) is 4.88. The zero-order chi connectivity index (χ0) is 18.6. The molecule has 0 aliphatic carbocycles. The summed E-state index contributed by atoms with van der Waals surface area (Å²) in [6, 6.07) is 9.54. The Bertz CT molecular complexity index is 907.